The third kappa shape index (κ3) is 2.65. The first kappa shape index (κ1) is 13.3. The van der Waals surface area contributed by atoms with Gasteiger partial charge in [-0.2, -0.15) is 4.39 Å². The Morgan fingerprint density at radius 1 is 1.21 bits per heavy atom. The standard InChI is InChI=1S/C14H14F2N2O/c1-14(2,9-4-3-7-18-8-9)19-13-11(17)6-5-10(15)12(13)16/h3-8H,17H2,1-2H3. The summed E-state index contributed by atoms with van der Waals surface area (Å²) >= 11 is 0. The second-order valence-electron chi connectivity index (χ2n) is 4.63. The quantitative estimate of drug-likeness (QED) is 0.866. The molecule has 0 atom stereocenters. The molecule has 1 aromatic carbocycles. The number of benzene rings is 1. The van der Waals surface area contributed by atoms with E-state index in [2.05, 4.69) is 4.98 Å². The molecule has 1 aromatic heterocycles. The average molecular weight is 264 g/mol. The van der Waals surface area contributed by atoms with Crippen LogP contribution in [0.25, 0.3) is 0 Å². The maximum absolute atomic E-state index is 13.7. The fourth-order valence-corrected chi connectivity index (χ4v) is 1.68. The van der Waals surface area contributed by atoms with Gasteiger partial charge in [0.1, 0.15) is 5.60 Å². The van der Waals surface area contributed by atoms with Crippen molar-refractivity contribution in [3.05, 3.63) is 53.9 Å². The van der Waals surface area contributed by atoms with Gasteiger partial charge < -0.3 is 10.5 Å². The summed E-state index contributed by atoms with van der Waals surface area (Å²) in [6.07, 6.45) is 3.23. The molecule has 0 saturated heterocycles. The number of rotatable bonds is 3. The van der Waals surface area contributed by atoms with Crippen LogP contribution >= 0.6 is 0 Å². The van der Waals surface area contributed by atoms with E-state index < -0.39 is 17.2 Å². The minimum absolute atomic E-state index is 0.0517. The summed E-state index contributed by atoms with van der Waals surface area (Å²) in [7, 11) is 0. The minimum Gasteiger partial charge on any atom is -0.478 e. The topological polar surface area (TPSA) is 48.1 Å². The Hall–Kier alpha value is -2.17. The molecule has 0 amide bonds. The first-order valence-electron chi connectivity index (χ1n) is 5.75. The molecular formula is C14H14F2N2O. The van der Waals surface area contributed by atoms with E-state index in [1.165, 1.54) is 6.07 Å². The van der Waals surface area contributed by atoms with Crippen LogP contribution in [-0.4, -0.2) is 4.98 Å². The van der Waals surface area contributed by atoms with E-state index in [4.69, 9.17) is 10.5 Å². The first-order valence-corrected chi connectivity index (χ1v) is 5.75. The van der Waals surface area contributed by atoms with E-state index >= 15 is 0 Å². The molecule has 1 heterocycles. The fraction of sp³-hybridized carbons (Fsp3) is 0.214. The smallest absolute Gasteiger partial charge is 0.202 e. The van der Waals surface area contributed by atoms with Gasteiger partial charge in [0.25, 0.3) is 0 Å². The zero-order valence-corrected chi connectivity index (χ0v) is 10.7. The second kappa shape index (κ2) is 4.84. The van der Waals surface area contributed by atoms with E-state index in [9.17, 15) is 8.78 Å². The van der Waals surface area contributed by atoms with Crippen molar-refractivity contribution in [3.63, 3.8) is 0 Å². The van der Waals surface area contributed by atoms with Crippen molar-refractivity contribution < 1.29 is 13.5 Å². The summed E-state index contributed by atoms with van der Waals surface area (Å²) in [5, 5.41) is 0. The zero-order valence-electron chi connectivity index (χ0n) is 10.7. The van der Waals surface area contributed by atoms with Gasteiger partial charge >= 0.3 is 0 Å². The Balaban J connectivity index is 2.39. The molecule has 0 fully saturated rings. The molecule has 2 aromatic rings. The van der Waals surface area contributed by atoms with E-state index in [1.807, 2.05) is 0 Å². The van der Waals surface area contributed by atoms with Crippen molar-refractivity contribution in [1.29, 1.82) is 0 Å². The molecule has 2 N–H and O–H groups in total. The Kier molecular flexibility index (Phi) is 3.38. The average Bonchev–Trinajstić information content (AvgIpc) is 2.40. The van der Waals surface area contributed by atoms with Gasteiger partial charge in [0.2, 0.25) is 5.82 Å². The van der Waals surface area contributed by atoms with Gasteiger partial charge in [0, 0.05) is 18.0 Å². The molecule has 5 heteroatoms. The van der Waals surface area contributed by atoms with Gasteiger partial charge in [-0.15, -0.1) is 0 Å². The van der Waals surface area contributed by atoms with Crippen molar-refractivity contribution in [2.75, 3.05) is 5.73 Å². The number of halogens is 2. The molecule has 0 spiro atoms. The van der Waals surface area contributed by atoms with Gasteiger partial charge in [-0.1, -0.05) is 6.07 Å². The van der Waals surface area contributed by atoms with Crippen LogP contribution in [0.3, 0.4) is 0 Å². The highest BCUT2D eigenvalue weighted by Gasteiger charge is 2.26. The normalized spacial score (nSPS) is 11.4. The predicted molar refractivity (Wildman–Crippen MR) is 68.7 cm³/mol. The van der Waals surface area contributed by atoms with Crippen molar-refractivity contribution in [2.45, 2.75) is 19.4 Å². The summed E-state index contributed by atoms with van der Waals surface area (Å²) in [4.78, 5) is 3.98. The Labute approximate surface area is 110 Å². The highest BCUT2D eigenvalue weighted by Crippen LogP contribution is 2.34. The fourth-order valence-electron chi connectivity index (χ4n) is 1.68. The number of hydrogen-bond acceptors (Lipinski definition) is 3. The predicted octanol–water partition coefficient (Wildman–Crippen LogP) is 3.26. The van der Waals surface area contributed by atoms with Crippen LogP contribution in [0.15, 0.2) is 36.7 Å². The number of anilines is 1. The van der Waals surface area contributed by atoms with Crippen LogP contribution in [0, 0.1) is 11.6 Å². The first-order chi connectivity index (χ1) is 8.92. The number of nitrogens with two attached hydrogens (primary N) is 1. The molecule has 100 valence electrons. The second-order valence-corrected chi connectivity index (χ2v) is 4.63. The number of nitrogens with zero attached hydrogens (tertiary/aromatic N) is 1. The van der Waals surface area contributed by atoms with Crippen LogP contribution in [0.1, 0.15) is 19.4 Å². The molecular weight excluding hydrogens is 250 g/mol. The largest absolute Gasteiger partial charge is 0.478 e. The lowest BCUT2D eigenvalue weighted by Crippen LogP contribution is -2.26. The van der Waals surface area contributed by atoms with Gasteiger partial charge in [-0.3, -0.25) is 4.98 Å². The molecule has 0 aliphatic heterocycles. The van der Waals surface area contributed by atoms with Crippen molar-refractivity contribution in [2.24, 2.45) is 0 Å². The summed E-state index contributed by atoms with van der Waals surface area (Å²) in [5.41, 5.74) is 5.54. The Bertz CT molecular complexity index is 585. The SMILES string of the molecule is CC(C)(Oc1c(N)ccc(F)c1F)c1cccnc1. The molecule has 0 bridgehead atoms. The monoisotopic (exact) mass is 264 g/mol. The lowest BCUT2D eigenvalue weighted by Gasteiger charge is -2.27. The molecule has 2 rings (SSSR count). The van der Waals surface area contributed by atoms with Crippen LogP contribution < -0.4 is 10.5 Å². The molecule has 0 radical (unpaired) electrons. The Morgan fingerprint density at radius 3 is 2.58 bits per heavy atom. The highest BCUT2D eigenvalue weighted by molar-refractivity contribution is 5.53. The third-order valence-electron chi connectivity index (χ3n) is 2.79. The minimum atomic E-state index is -1.09. The van der Waals surface area contributed by atoms with Gasteiger partial charge in [-0.05, 0) is 32.0 Å². The van der Waals surface area contributed by atoms with Gasteiger partial charge in [0.15, 0.2) is 11.6 Å². The third-order valence-corrected chi connectivity index (χ3v) is 2.79. The van der Waals surface area contributed by atoms with Crippen molar-refractivity contribution in [1.82, 2.24) is 4.98 Å². The number of aromatic nitrogens is 1. The maximum Gasteiger partial charge on any atom is 0.202 e. The zero-order chi connectivity index (χ0) is 14.0. The lowest BCUT2D eigenvalue weighted by atomic mass is 10.00. The van der Waals surface area contributed by atoms with E-state index in [-0.39, 0.29) is 11.4 Å². The molecule has 0 aliphatic rings. The highest BCUT2D eigenvalue weighted by atomic mass is 19.2. The molecule has 0 unspecified atom stereocenters. The maximum atomic E-state index is 13.7. The lowest BCUT2D eigenvalue weighted by molar-refractivity contribution is 0.102. The summed E-state index contributed by atoms with van der Waals surface area (Å²) in [6, 6.07) is 5.77. The Morgan fingerprint density at radius 2 is 1.95 bits per heavy atom. The van der Waals surface area contributed by atoms with Crippen molar-refractivity contribution in [3.8, 4) is 5.75 Å². The number of nitrogen functional groups attached to an aromatic ring is 1. The number of ether oxygens (including phenoxy) is 1. The molecule has 19 heavy (non-hydrogen) atoms. The number of hydrogen-bond donors (Lipinski definition) is 1. The molecule has 0 saturated carbocycles. The van der Waals surface area contributed by atoms with E-state index in [1.54, 1.807) is 38.4 Å². The summed E-state index contributed by atoms with van der Waals surface area (Å²) in [6.45, 7) is 3.46. The van der Waals surface area contributed by atoms with Crippen LogP contribution in [0.5, 0.6) is 5.75 Å². The van der Waals surface area contributed by atoms with E-state index in [0.29, 0.717) is 0 Å². The number of pyridine rings is 1. The van der Waals surface area contributed by atoms with Gasteiger partial charge in [0.05, 0.1) is 5.69 Å². The van der Waals surface area contributed by atoms with Gasteiger partial charge in [-0.25, -0.2) is 4.39 Å². The van der Waals surface area contributed by atoms with Crippen LogP contribution in [-0.2, 0) is 5.60 Å². The summed E-state index contributed by atoms with van der Waals surface area (Å²) in [5.74, 6) is -2.36. The van der Waals surface area contributed by atoms with Crippen LogP contribution in [0.2, 0.25) is 0 Å². The molecule has 0 aliphatic carbocycles. The summed E-state index contributed by atoms with van der Waals surface area (Å²) < 4.78 is 32.5. The van der Waals surface area contributed by atoms with Crippen molar-refractivity contribution >= 4 is 5.69 Å². The molecule has 3 nitrogen and oxygen atoms in total. The van der Waals surface area contributed by atoms with Crippen LogP contribution in [0.4, 0.5) is 14.5 Å². The van der Waals surface area contributed by atoms with E-state index in [0.717, 1.165) is 11.6 Å².